The molecule has 122 valence electrons. The average Bonchev–Trinajstić information content (AvgIpc) is 2.54. The summed E-state index contributed by atoms with van der Waals surface area (Å²) in [5, 5.41) is 2.60. The lowest BCUT2D eigenvalue weighted by atomic mass is 9.87. The molecule has 1 aliphatic carbocycles. The van der Waals surface area contributed by atoms with Crippen molar-refractivity contribution in [3.05, 3.63) is 35.9 Å². The van der Waals surface area contributed by atoms with E-state index in [1.165, 1.54) is 19.3 Å². The van der Waals surface area contributed by atoms with E-state index < -0.39 is 20.3 Å². The highest BCUT2D eigenvalue weighted by atomic mass is 31.2. The fourth-order valence-corrected chi connectivity index (χ4v) is 3.56. The van der Waals surface area contributed by atoms with E-state index in [2.05, 4.69) is 5.32 Å². The van der Waals surface area contributed by atoms with E-state index in [1.807, 2.05) is 30.3 Å². The van der Waals surface area contributed by atoms with Crippen molar-refractivity contribution < 1.29 is 19.3 Å². The number of ether oxygens (including phenoxy) is 1. The van der Waals surface area contributed by atoms with E-state index >= 15 is 0 Å². The van der Waals surface area contributed by atoms with Gasteiger partial charge in [-0.25, -0.2) is 4.79 Å². The van der Waals surface area contributed by atoms with Crippen LogP contribution < -0.4 is 5.32 Å². The van der Waals surface area contributed by atoms with Gasteiger partial charge in [-0.3, -0.25) is 0 Å². The number of carbonyl (C=O) groups is 1. The van der Waals surface area contributed by atoms with Crippen LogP contribution in [0.3, 0.4) is 0 Å². The highest BCUT2D eigenvalue weighted by Gasteiger charge is 2.26. The first kappa shape index (κ1) is 17.2. The lowest BCUT2D eigenvalue weighted by Gasteiger charge is -2.27. The van der Waals surface area contributed by atoms with Gasteiger partial charge in [0.2, 0.25) is 0 Å². The molecule has 1 aliphatic rings. The summed E-state index contributed by atoms with van der Waals surface area (Å²) in [5.41, 5.74) is 0.900. The van der Waals surface area contributed by atoms with Gasteiger partial charge in [-0.2, -0.15) is 0 Å². The van der Waals surface area contributed by atoms with Crippen LogP contribution in [0.25, 0.3) is 0 Å². The summed E-state index contributed by atoms with van der Waals surface area (Å²) < 4.78 is 5.14. The Bertz CT molecular complexity index is 449. The van der Waals surface area contributed by atoms with E-state index in [1.54, 1.807) is 0 Å². The van der Waals surface area contributed by atoms with Crippen LogP contribution in [0.2, 0.25) is 0 Å². The second-order valence-electron chi connectivity index (χ2n) is 5.78. The molecular weight excluding hydrogens is 301 g/mol. The monoisotopic (exact) mass is 325 g/mol. The van der Waals surface area contributed by atoms with Crippen LogP contribution in [0.15, 0.2) is 30.3 Å². The maximum atomic E-state index is 11.8. The Labute approximate surface area is 132 Å². The summed E-state index contributed by atoms with van der Waals surface area (Å²) in [6.07, 6.45) is 5.83. The predicted octanol–water partition coefficient (Wildman–Crippen LogP) is 3.51. The van der Waals surface area contributed by atoms with Gasteiger partial charge in [0.25, 0.3) is 0 Å². The third-order valence-electron chi connectivity index (χ3n) is 4.06. The Morgan fingerprint density at radius 2 is 1.91 bits per heavy atom. The molecule has 2 rings (SSSR count). The number of hydrogen-bond donors (Lipinski definition) is 3. The standard InChI is InChI=1S/C16H24NO4P/c18-16(21-12-14-9-5-2-6-10-14)17-15(22(19)20)11-13-7-3-1-4-8-13/h2,5-6,9-10,13,15,19-20H,1,3-4,7-8,11-12H2,(H,17,18)/t15-/m1/s1. The first-order valence-corrected chi connectivity index (χ1v) is 9.11. The average molecular weight is 325 g/mol. The van der Waals surface area contributed by atoms with Crippen LogP contribution in [-0.2, 0) is 11.3 Å². The molecule has 0 radical (unpaired) electrons. The lowest BCUT2D eigenvalue weighted by molar-refractivity contribution is 0.136. The SMILES string of the molecule is O=C(N[C@@H](CC1CCCCC1)P(O)O)OCc1ccccc1. The molecule has 1 fully saturated rings. The Morgan fingerprint density at radius 3 is 2.55 bits per heavy atom. The van der Waals surface area contributed by atoms with Gasteiger partial charge >= 0.3 is 6.09 Å². The fourth-order valence-electron chi connectivity index (χ4n) is 2.85. The van der Waals surface area contributed by atoms with Gasteiger partial charge in [-0.1, -0.05) is 62.4 Å². The maximum Gasteiger partial charge on any atom is 0.408 e. The zero-order valence-corrected chi connectivity index (χ0v) is 13.5. The number of carbonyl (C=O) groups excluding carboxylic acids is 1. The van der Waals surface area contributed by atoms with Crippen molar-refractivity contribution in [2.24, 2.45) is 5.92 Å². The molecule has 3 N–H and O–H groups in total. The maximum absolute atomic E-state index is 11.8. The van der Waals surface area contributed by atoms with Crippen LogP contribution in [0.4, 0.5) is 4.79 Å². The molecule has 1 amide bonds. The van der Waals surface area contributed by atoms with Gasteiger partial charge in [0, 0.05) is 0 Å². The van der Waals surface area contributed by atoms with Crippen LogP contribution >= 0.6 is 8.38 Å². The second-order valence-corrected chi connectivity index (χ2v) is 7.05. The van der Waals surface area contributed by atoms with Crippen LogP contribution in [0.5, 0.6) is 0 Å². The highest BCUT2D eigenvalue weighted by Crippen LogP contribution is 2.37. The zero-order valence-electron chi connectivity index (χ0n) is 12.6. The molecule has 22 heavy (non-hydrogen) atoms. The Morgan fingerprint density at radius 1 is 1.23 bits per heavy atom. The molecule has 6 heteroatoms. The van der Waals surface area contributed by atoms with Crippen molar-refractivity contribution in [3.63, 3.8) is 0 Å². The minimum absolute atomic E-state index is 0.178. The summed E-state index contributed by atoms with van der Waals surface area (Å²) in [4.78, 5) is 30.9. The molecule has 1 atom stereocenters. The van der Waals surface area contributed by atoms with E-state index in [9.17, 15) is 14.6 Å². The van der Waals surface area contributed by atoms with Crippen molar-refractivity contribution in [1.29, 1.82) is 0 Å². The molecule has 0 bridgehead atoms. The van der Waals surface area contributed by atoms with E-state index in [-0.39, 0.29) is 6.61 Å². The number of amides is 1. The van der Waals surface area contributed by atoms with Crippen LogP contribution in [0.1, 0.15) is 44.1 Å². The van der Waals surface area contributed by atoms with E-state index in [0.29, 0.717) is 12.3 Å². The Balaban J connectivity index is 1.78. The first-order valence-electron chi connectivity index (χ1n) is 7.79. The number of rotatable bonds is 6. The van der Waals surface area contributed by atoms with Gasteiger partial charge in [0.05, 0.1) is 0 Å². The molecule has 1 aromatic carbocycles. The summed E-state index contributed by atoms with van der Waals surface area (Å²) in [6.45, 7) is 0.178. The molecule has 0 saturated heterocycles. The topological polar surface area (TPSA) is 78.8 Å². The molecule has 1 aromatic rings. The van der Waals surface area contributed by atoms with E-state index in [0.717, 1.165) is 18.4 Å². The van der Waals surface area contributed by atoms with Crippen molar-refractivity contribution in [2.45, 2.75) is 50.9 Å². The summed E-state index contributed by atoms with van der Waals surface area (Å²) >= 11 is 0. The lowest BCUT2D eigenvalue weighted by Crippen LogP contribution is -2.35. The van der Waals surface area contributed by atoms with Gasteiger partial charge < -0.3 is 19.8 Å². The highest BCUT2D eigenvalue weighted by molar-refractivity contribution is 7.45. The normalized spacial score (nSPS) is 17.2. The smallest absolute Gasteiger partial charge is 0.408 e. The predicted molar refractivity (Wildman–Crippen MR) is 86.1 cm³/mol. The van der Waals surface area contributed by atoms with Gasteiger partial charge in [-0.15, -0.1) is 0 Å². The third-order valence-corrected chi connectivity index (χ3v) is 4.95. The quantitative estimate of drug-likeness (QED) is 0.699. The Hall–Kier alpha value is -1.16. The molecule has 1 saturated carbocycles. The third kappa shape index (κ3) is 5.91. The number of nitrogens with one attached hydrogen (secondary N) is 1. The summed E-state index contributed by atoms with van der Waals surface area (Å²) in [6, 6.07) is 9.40. The largest absolute Gasteiger partial charge is 0.445 e. The van der Waals surface area contributed by atoms with Gasteiger partial charge in [0.15, 0.2) is 8.38 Å². The van der Waals surface area contributed by atoms with Crippen molar-refractivity contribution in [2.75, 3.05) is 0 Å². The number of alkyl carbamates (subject to hydrolysis) is 1. The van der Waals surface area contributed by atoms with Crippen molar-refractivity contribution in [1.82, 2.24) is 5.32 Å². The van der Waals surface area contributed by atoms with Crippen molar-refractivity contribution >= 4 is 14.5 Å². The second kappa shape index (κ2) is 9.09. The number of benzene rings is 1. The minimum atomic E-state index is -2.20. The number of hydrogen-bond acceptors (Lipinski definition) is 4. The van der Waals surface area contributed by atoms with E-state index in [4.69, 9.17) is 4.74 Å². The first-order chi connectivity index (χ1) is 10.6. The Kier molecular flexibility index (Phi) is 7.10. The molecule has 0 unspecified atom stereocenters. The fraction of sp³-hybridized carbons (Fsp3) is 0.562. The van der Waals surface area contributed by atoms with Crippen LogP contribution in [-0.4, -0.2) is 21.7 Å². The molecule has 0 spiro atoms. The molecular formula is C16H24NO4P. The van der Waals surface area contributed by atoms with Crippen LogP contribution in [0, 0.1) is 5.92 Å². The summed E-state index contributed by atoms with van der Waals surface area (Å²) in [7, 11) is -2.20. The molecule has 0 aromatic heterocycles. The zero-order chi connectivity index (χ0) is 15.8. The van der Waals surface area contributed by atoms with Gasteiger partial charge in [0.1, 0.15) is 12.4 Å². The minimum Gasteiger partial charge on any atom is -0.445 e. The van der Waals surface area contributed by atoms with Crippen molar-refractivity contribution in [3.8, 4) is 0 Å². The van der Waals surface area contributed by atoms with Gasteiger partial charge in [-0.05, 0) is 17.9 Å². The molecule has 0 heterocycles. The molecule has 5 nitrogen and oxygen atoms in total. The molecule has 0 aliphatic heterocycles. The summed E-state index contributed by atoms with van der Waals surface area (Å²) in [5.74, 6) is -0.154.